The van der Waals surface area contributed by atoms with Crippen LogP contribution in [-0.2, 0) is 14.8 Å². The van der Waals surface area contributed by atoms with E-state index in [9.17, 15) is 8.42 Å². The molecule has 1 aliphatic heterocycles. The van der Waals surface area contributed by atoms with Crippen LogP contribution in [-0.4, -0.2) is 31.9 Å². The van der Waals surface area contributed by atoms with Crippen LogP contribution in [0.4, 0.5) is 11.4 Å². The van der Waals surface area contributed by atoms with Crippen LogP contribution in [0.25, 0.3) is 10.9 Å². The van der Waals surface area contributed by atoms with Crippen molar-refractivity contribution in [2.45, 2.75) is 18.9 Å². The molecule has 21 heavy (non-hydrogen) atoms. The van der Waals surface area contributed by atoms with Crippen molar-refractivity contribution in [3.63, 3.8) is 0 Å². The Morgan fingerprint density at radius 2 is 2.24 bits per heavy atom. The average Bonchev–Trinajstić information content (AvgIpc) is 2.94. The van der Waals surface area contributed by atoms with Gasteiger partial charge in [-0.3, -0.25) is 9.71 Å². The summed E-state index contributed by atoms with van der Waals surface area (Å²) in [6.45, 7) is 0.634. The summed E-state index contributed by atoms with van der Waals surface area (Å²) in [7, 11) is -3.47. The Hall–Kier alpha value is -1.86. The van der Waals surface area contributed by atoms with Crippen LogP contribution in [0.15, 0.2) is 30.5 Å². The number of nitrogen functional groups attached to an aromatic ring is 1. The van der Waals surface area contributed by atoms with Crippen molar-refractivity contribution in [2.24, 2.45) is 0 Å². The number of aromatic nitrogens is 1. The van der Waals surface area contributed by atoms with E-state index in [2.05, 4.69) is 9.71 Å². The number of nitrogens with one attached hydrogen (secondary N) is 1. The number of hydrogen-bond donors (Lipinski definition) is 2. The lowest BCUT2D eigenvalue weighted by atomic mass is 10.1. The molecule has 1 aromatic carbocycles. The zero-order valence-corrected chi connectivity index (χ0v) is 12.3. The van der Waals surface area contributed by atoms with E-state index >= 15 is 0 Å². The number of sulfonamides is 1. The van der Waals surface area contributed by atoms with Gasteiger partial charge in [-0.15, -0.1) is 0 Å². The van der Waals surface area contributed by atoms with Crippen LogP contribution in [0, 0.1) is 0 Å². The van der Waals surface area contributed by atoms with E-state index in [1.54, 1.807) is 30.5 Å². The molecular weight excluding hydrogens is 290 g/mol. The van der Waals surface area contributed by atoms with Crippen molar-refractivity contribution < 1.29 is 13.2 Å². The summed E-state index contributed by atoms with van der Waals surface area (Å²) in [5.74, 6) is -0.0286. The van der Waals surface area contributed by atoms with Gasteiger partial charge in [0, 0.05) is 18.2 Å². The van der Waals surface area contributed by atoms with Gasteiger partial charge >= 0.3 is 0 Å². The van der Waals surface area contributed by atoms with Gasteiger partial charge in [-0.1, -0.05) is 0 Å². The number of anilines is 2. The molecule has 3 rings (SSSR count). The lowest BCUT2D eigenvalue weighted by Gasteiger charge is -2.14. The number of nitrogens with zero attached hydrogens (tertiary/aromatic N) is 1. The van der Waals surface area contributed by atoms with E-state index in [1.807, 2.05) is 0 Å². The van der Waals surface area contributed by atoms with E-state index in [0.29, 0.717) is 28.9 Å². The Kier molecular flexibility index (Phi) is 3.69. The monoisotopic (exact) mass is 307 g/mol. The molecule has 1 aliphatic rings. The van der Waals surface area contributed by atoms with Gasteiger partial charge in [0.1, 0.15) is 0 Å². The van der Waals surface area contributed by atoms with Gasteiger partial charge in [-0.25, -0.2) is 8.42 Å². The maximum atomic E-state index is 12.2. The lowest BCUT2D eigenvalue weighted by Crippen LogP contribution is -2.25. The van der Waals surface area contributed by atoms with E-state index in [0.717, 1.165) is 12.8 Å². The number of nitrogens with two attached hydrogens (primary N) is 1. The van der Waals surface area contributed by atoms with Crippen molar-refractivity contribution in [3.8, 4) is 0 Å². The van der Waals surface area contributed by atoms with Crippen LogP contribution in [0.3, 0.4) is 0 Å². The van der Waals surface area contributed by atoms with Gasteiger partial charge in [-0.05, 0) is 37.1 Å². The van der Waals surface area contributed by atoms with Gasteiger partial charge in [0.25, 0.3) is 0 Å². The van der Waals surface area contributed by atoms with E-state index in [4.69, 9.17) is 10.5 Å². The molecule has 2 aromatic rings. The highest BCUT2D eigenvalue weighted by atomic mass is 32.2. The quantitative estimate of drug-likeness (QED) is 0.839. The zero-order chi connectivity index (χ0) is 14.9. The van der Waals surface area contributed by atoms with E-state index in [1.165, 1.54) is 0 Å². The number of pyridine rings is 1. The first kappa shape index (κ1) is 14.1. The Balaban J connectivity index is 1.89. The highest BCUT2D eigenvalue weighted by Crippen LogP contribution is 2.27. The Morgan fingerprint density at radius 3 is 3.00 bits per heavy atom. The SMILES string of the molecule is Nc1ccc(NS(=O)(=O)CC2CCCO2)c2cccnc12. The van der Waals surface area contributed by atoms with Crippen LogP contribution >= 0.6 is 0 Å². The van der Waals surface area contributed by atoms with Crippen molar-refractivity contribution in [2.75, 3.05) is 22.8 Å². The van der Waals surface area contributed by atoms with E-state index < -0.39 is 10.0 Å². The smallest absolute Gasteiger partial charge is 0.235 e. The number of ether oxygens (including phenoxy) is 1. The average molecular weight is 307 g/mol. The second-order valence-corrected chi connectivity index (χ2v) is 6.89. The molecule has 0 saturated carbocycles. The van der Waals surface area contributed by atoms with Crippen molar-refractivity contribution in [3.05, 3.63) is 30.5 Å². The van der Waals surface area contributed by atoms with Crippen molar-refractivity contribution in [1.29, 1.82) is 0 Å². The summed E-state index contributed by atoms with van der Waals surface area (Å²) in [5, 5.41) is 0.688. The van der Waals surface area contributed by atoms with Gasteiger partial charge in [0.2, 0.25) is 10.0 Å². The van der Waals surface area contributed by atoms with Crippen molar-refractivity contribution in [1.82, 2.24) is 4.98 Å². The van der Waals surface area contributed by atoms with Crippen LogP contribution in [0.2, 0.25) is 0 Å². The first-order chi connectivity index (χ1) is 10.1. The van der Waals surface area contributed by atoms with Gasteiger partial charge in [-0.2, -0.15) is 0 Å². The van der Waals surface area contributed by atoms with E-state index in [-0.39, 0.29) is 11.9 Å². The van der Waals surface area contributed by atoms with Crippen LogP contribution in [0.5, 0.6) is 0 Å². The van der Waals surface area contributed by atoms with Crippen LogP contribution < -0.4 is 10.5 Å². The highest BCUT2D eigenvalue weighted by molar-refractivity contribution is 7.92. The molecule has 1 unspecified atom stereocenters. The van der Waals surface area contributed by atoms with Gasteiger partial charge in [0.15, 0.2) is 0 Å². The molecule has 0 amide bonds. The topological polar surface area (TPSA) is 94.3 Å². The summed E-state index contributed by atoms with van der Waals surface area (Å²) in [4.78, 5) is 4.19. The molecule has 1 atom stereocenters. The second kappa shape index (κ2) is 5.50. The molecule has 0 spiro atoms. The number of fused-ring (bicyclic) bond motifs is 1. The molecule has 0 aliphatic carbocycles. The summed E-state index contributed by atoms with van der Waals surface area (Å²) >= 11 is 0. The Labute approximate surface area is 123 Å². The molecule has 2 heterocycles. The molecule has 1 fully saturated rings. The van der Waals surface area contributed by atoms with Crippen molar-refractivity contribution >= 4 is 32.3 Å². The predicted molar refractivity (Wildman–Crippen MR) is 82.5 cm³/mol. The summed E-state index contributed by atoms with van der Waals surface area (Å²) in [6.07, 6.45) is 3.10. The molecule has 1 aromatic heterocycles. The molecule has 1 saturated heterocycles. The fourth-order valence-electron chi connectivity index (χ4n) is 2.51. The number of benzene rings is 1. The maximum absolute atomic E-state index is 12.2. The van der Waals surface area contributed by atoms with Gasteiger partial charge < -0.3 is 10.5 Å². The van der Waals surface area contributed by atoms with Crippen LogP contribution in [0.1, 0.15) is 12.8 Å². The minimum absolute atomic E-state index is 0.0286. The molecule has 112 valence electrons. The fraction of sp³-hybridized carbons (Fsp3) is 0.357. The number of hydrogen-bond acceptors (Lipinski definition) is 5. The first-order valence-corrected chi connectivity index (χ1v) is 8.46. The molecule has 0 radical (unpaired) electrons. The third-order valence-electron chi connectivity index (χ3n) is 3.50. The third-order valence-corrected chi connectivity index (χ3v) is 4.84. The molecule has 3 N–H and O–H groups in total. The lowest BCUT2D eigenvalue weighted by molar-refractivity contribution is 0.127. The highest BCUT2D eigenvalue weighted by Gasteiger charge is 2.23. The Bertz CT molecular complexity index is 755. The zero-order valence-electron chi connectivity index (χ0n) is 11.5. The standard InChI is InChI=1S/C14H17N3O3S/c15-12-5-6-13(11-4-1-7-16-14(11)12)17-21(18,19)9-10-3-2-8-20-10/h1,4-7,10,17H,2-3,8-9,15H2. The molecule has 7 heteroatoms. The largest absolute Gasteiger partial charge is 0.397 e. The first-order valence-electron chi connectivity index (χ1n) is 6.80. The minimum atomic E-state index is -3.47. The fourth-order valence-corrected chi connectivity index (χ4v) is 3.86. The predicted octanol–water partition coefficient (Wildman–Crippen LogP) is 1.74. The molecular formula is C14H17N3O3S. The minimum Gasteiger partial charge on any atom is -0.397 e. The molecule has 6 nitrogen and oxygen atoms in total. The normalized spacial score (nSPS) is 19.0. The summed E-state index contributed by atoms with van der Waals surface area (Å²) in [6, 6.07) is 6.86. The third kappa shape index (κ3) is 3.08. The maximum Gasteiger partial charge on any atom is 0.235 e. The van der Waals surface area contributed by atoms with Gasteiger partial charge in [0.05, 0.1) is 28.7 Å². The summed E-state index contributed by atoms with van der Waals surface area (Å²) < 4.78 is 32.5. The molecule has 0 bridgehead atoms. The summed E-state index contributed by atoms with van der Waals surface area (Å²) in [5.41, 5.74) is 7.47. The number of rotatable bonds is 4. The Morgan fingerprint density at radius 1 is 1.38 bits per heavy atom. The second-order valence-electron chi connectivity index (χ2n) is 5.12.